The first-order valence-electron chi connectivity index (χ1n) is 5.33. The van der Waals surface area contributed by atoms with Crippen molar-refractivity contribution >= 4 is 14.1 Å². The molecule has 0 aliphatic heterocycles. The van der Waals surface area contributed by atoms with E-state index in [1.807, 2.05) is 37.3 Å². The second-order valence-electron chi connectivity index (χ2n) is 3.74. The first kappa shape index (κ1) is 13.3. The molecule has 0 bridgehead atoms. The summed E-state index contributed by atoms with van der Waals surface area (Å²) in [4.78, 5) is 8.64. The van der Waals surface area contributed by atoms with Crippen molar-refractivity contribution in [1.82, 2.24) is 9.78 Å². The number of aryl methyl sites for hydroxylation is 1. The normalized spacial score (nSPS) is 11.8. The fourth-order valence-electron chi connectivity index (χ4n) is 1.49. The van der Waals surface area contributed by atoms with E-state index in [2.05, 4.69) is 15.2 Å². The van der Waals surface area contributed by atoms with Crippen molar-refractivity contribution < 1.29 is 14.1 Å². The topological polar surface area (TPSA) is 100 Å². The number of nitrogens with one attached hydrogen (secondary N) is 1. The highest BCUT2D eigenvalue weighted by Gasteiger charge is 2.10. The second-order valence-corrected chi connectivity index (χ2v) is 4.48. The molecule has 0 amide bonds. The Bertz CT molecular complexity index is 645. The molecule has 1 aromatic carbocycles. The summed E-state index contributed by atoms with van der Waals surface area (Å²) in [6.45, 7) is 1.95. The number of nitrogens with zero attached hydrogens (tertiary/aromatic N) is 3. The molecule has 1 aromatic heterocycles. The number of benzene rings is 1. The van der Waals surface area contributed by atoms with Gasteiger partial charge in [0.25, 0.3) is 0 Å². The van der Waals surface area contributed by atoms with Crippen LogP contribution in [0.15, 0.2) is 30.3 Å². The molecule has 0 radical (unpaired) electrons. The predicted molar refractivity (Wildman–Crippen MR) is 68.9 cm³/mol. The predicted octanol–water partition coefficient (Wildman–Crippen LogP) is 1.78. The quantitative estimate of drug-likeness (QED) is 0.653. The first-order chi connectivity index (χ1) is 9.10. The largest absolute Gasteiger partial charge is 0.337 e. The van der Waals surface area contributed by atoms with Gasteiger partial charge in [-0.25, -0.2) is 10.2 Å². The molecule has 0 aliphatic carbocycles. The van der Waals surface area contributed by atoms with Crippen LogP contribution in [0.25, 0.3) is 5.69 Å². The monoisotopic (exact) mass is 278 g/mol. The summed E-state index contributed by atoms with van der Waals surface area (Å²) in [6, 6.07) is 10.7. The number of rotatable bonds is 4. The Morgan fingerprint density at radius 3 is 2.74 bits per heavy atom. The molecule has 2 rings (SSSR count). The van der Waals surface area contributed by atoms with E-state index in [0.29, 0.717) is 11.5 Å². The first-order valence-corrected chi connectivity index (χ1v) is 6.59. The zero-order valence-electron chi connectivity index (χ0n) is 9.99. The minimum atomic E-state index is -3.12. The minimum absolute atomic E-state index is 0.171. The fourth-order valence-corrected chi connectivity index (χ4v) is 1.68. The summed E-state index contributed by atoms with van der Waals surface area (Å²) in [5, 5.41) is 12.9. The molecule has 1 heterocycles. The Morgan fingerprint density at radius 1 is 1.47 bits per heavy atom. The maximum Gasteiger partial charge on any atom is 0.337 e. The summed E-state index contributed by atoms with van der Waals surface area (Å²) in [5.74, 6) is 0.299. The van der Waals surface area contributed by atoms with E-state index < -0.39 is 8.25 Å². The molecule has 98 valence electrons. The van der Waals surface area contributed by atoms with Gasteiger partial charge in [0.1, 0.15) is 6.07 Å². The molecule has 8 heteroatoms. The Morgan fingerprint density at radius 2 is 2.16 bits per heavy atom. The zero-order chi connectivity index (χ0) is 13.8. The third-order valence-electron chi connectivity index (χ3n) is 2.35. The van der Waals surface area contributed by atoms with E-state index in [9.17, 15) is 4.57 Å². The number of hydrogen-bond donors (Lipinski definition) is 2. The second kappa shape index (κ2) is 5.67. The number of hydrogen-bond acceptors (Lipinski definition) is 5. The van der Waals surface area contributed by atoms with Gasteiger partial charge in [-0.05, 0) is 19.1 Å². The van der Waals surface area contributed by atoms with E-state index in [4.69, 9.17) is 10.2 Å². The molecule has 2 aromatic rings. The summed E-state index contributed by atoms with van der Waals surface area (Å²) in [6.07, 6.45) is 0. The van der Waals surface area contributed by atoms with Gasteiger partial charge in [-0.15, -0.1) is 0 Å². The summed E-state index contributed by atoms with van der Waals surface area (Å²) >= 11 is 0. The Hall–Kier alpha value is -2.13. The van der Waals surface area contributed by atoms with E-state index in [1.54, 1.807) is 0 Å². The van der Waals surface area contributed by atoms with Gasteiger partial charge in [0.15, 0.2) is 11.5 Å². The Labute approximate surface area is 110 Å². The van der Waals surface area contributed by atoms with Crippen LogP contribution in [0.5, 0.6) is 0 Å². The molecule has 2 N–H and O–H groups in total. The number of aromatic nitrogens is 2. The van der Waals surface area contributed by atoms with Crippen molar-refractivity contribution in [2.75, 3.05) is 5.48 Å². The Balaban J connectivity index is 2.37. The van der Waals surface area contributed by atoms with Crippen molar-refractivity contribution in [3.05, 3.63) is 41.6 Å². The van der Waals surface area contributed by atoms with Crippen LogP contribution < -0.4 is 5.48 Å². The standard InChI is InChI=1S/C11H11N4O3P/c1-8-2-4-10(5-3-8)15-11(14-18-19(16)17)6-9(7-12)13-15/h2-6,14,19H,1H3,(H,16,17). The van der Waals surface area contributed by atoms with Crippen molar-refractivity contribution in [3.8, 4) is 11.8 Å². The highest BCUT2D eigenvalue weighted by atomic mass is 31.1. The SMILES string of the molecule is Cc1ccc(-n2nc(C#N)cc2NO[PH](=O)O)cc1. The maximum atomic E-state index is 10.5. The molecule has 0 fully saturated rings. The third kappa shape index (κ3) is 3.20. The van der Waals surface area contributed by atoms with Crippen LogP contribution >= 0.6 is 8.25 Å². The van der Waals surface area contributed by atoms with Crippen LogP contribution in [0.2, 0.25) is 0 Å². The summed E-state index contributed by atoms with van der Waals surface area (Å²) in [7, 11) is -3.12. The number of nitriles is 1. The van der Waals surface area contributed by atoms with E-state index >= 15 is 0 Å². The fraction of sp³-hybridized carbons (Fsp3) is 0.0909. The van der Waals surface area contributed by atoms with E-state index in [0.717, 1.165) is 5.56 Å². The molecule has 0 saturated carbocycles. The van der Waals surface area contributed by atoms with Gasteiger partial charge in [0.2, 0.25) is 0 Å². The lowest BCUT2D eigenvalue weighted by Crippen LogP contribution is -2.04. The van der Waals surface area contributed by atoms with E-state index in [-0.39, 0.29) is 5.69 Å². The number of anilines is 1. The van der Waals surface area contributed by atoms with Gasteiger partial charge in [-0.2, -0.15) is 15.0 Å². The maximum absolute atomic E-state index is 10.5. The molecule has 1 atom stereocenters. The smallest absolute Gasteiger partial charge is 0.325 e. The van der Waals surface area contributed by atoms with Gasteiger partial charge < -0.3 is 4.89 Å². The lowest BCUT2D eigenvalue weighted by molar-refractivity contribution is 0.336. The molecule has 7 nitrogen and oxygen atoms in total. The molecule has 19 heavy (non-hydrogen) atoms. The van der Waals surface area contributed by atoms with E-state index in [1.165, 1.54) is 10.7 Å². The third-order valence-corrected chi connectivity index (χ3v) is 2.62. The average Bonchev–Trinajstić information content (AvgIpc) is 2.80. The van der Waals surface area contributed by atoms with Gasteiger partial charge >= 0.3 is 8.25 Å². The molecular formula is C11H11N4O3P. The highest BCUT2D eigenvalue weighted by molar-refractivity contribution is 7.32. The summed E-state index contributed by atoms with van der Waals surface area (Å²) in [5.41, 5.74) is 4.27. The molecule has 0 aliphatic rings. The van der Waals surface area contributed by atoms with Crippen molar-refractivity contribution in [3.63, 3.8) is 0 Å². The van der Waals surface area contributed by atoms with Gasteiger partial charge in [0.05, 0.1) is 5.69 Å². The Kier molecular flexibility index (Phi) is 3.97. The van der Waals surface area contributed by atoms with Gasteiger partial charge in [-0.1, -0.05) is 17.7 Å². The molecular weight excluding hydrogens is 267 g/mol. The van der Waals surface area contributed by atoms with Crippen LogP contribution in [0.1, 0.15) is 11.3 Å². The van der Waals surface area contributed by atoms with Gasteiger partial charge in [0, 0.05) is 6.07 Å². The van der Waals surface area contributed by atoms with Crippen molar-refractivity contribution in [2.45, 2.75) is 6.92 Å². The molecule has 0 spiro atoms. The van der Waals surface area contributed by atoms with Crippen LogP contribution in [-0.4, -0.2) is 14.7 Å². The molecule has 1 unspecified atom stereocenters. The average molecular weight is 278 g/mol. The lowest BCUT2D eigenvalue weighted by atomic mass is 10.2. The van der Waals surface area contributed by atoms with Gasteiger partial charge in [-0.3, -0.25) is 4.57 Å². The molecule has 0 saturated heterocycles. The van der Waals surface area contributed by atoms with Crippen LogP contribution in [0, 0.1) is 18.3 Å². The zero-order valence-corrected chi connectivity index (χ0v) is 11.0. The van der Waals surface area contributed by atoms with Crippen molar-refractivity contribution in [2.24, 2.45) is 0 Å². The van der Waals surface area contributed by atoms with Crippen LogP contribution in [0.4, 0.5) is 5.82 Å². The lowest BCUT2D eigenvalue weighted by Gasteiger charge is -2.08. The highest BCUT2D eigenvalue weighted by Crippen LogP contribution is 2.21. The van der Waals surface area contributed by atoms with Crippen LogP contribution in [0.3, 0.4) is 0 Å². The van der Waals surface area contributed by atoms with Crippen LogP contribution in [-0.2, 0) is 9.19 Å². The van der Waals surface area contributed by atoms with Crippen molar-refractivity contribution in [1.29, 1.82) is 5.26 Å². The minimum Gasteiger partial charge on any atom is -0.325 e. The summed E-state index contributed by atoms with van der Waals surface area (Å²) < 4.78 is 16.4.